The number of benzene rings is 1. The zero-order chi connectivity index (χ0) is 14.0. The number of ether oxygens (including phenoxy) is 3. The molecule has 20 heavy (non-hydrogen) atoms. The second kappa shape index (κ2) is 6.02. The van der Waals surface area contributed by atoms with E-state index >= 15 is 0 Å². The van der Waals surface area contributed by atoms with Gasteiger partial charge in [0.1, 0.15) is 11.9 Å². The first-order valence-corrected chi connectivity index (χ1v) is 7.87. The Morgan fingerprint density at radius 1 is 1.40 bits per heavy atom. The molecule has 5 heteroatoms. The SMILES string of the molecule is NCc1cccc(Br)c1OC1CCOC2(CCOC2)C1. The Hall–Kier alpha value is -0.620. The Balaban J connectivity index is 1.74. The Bertz CT molecular complexity index is 474. The van der Waals surface area contributed by atoms with Crippen molar-refractivity contribution in [2.24, 2.45) is 5.73 Å². The molecule has 4 nitrogen and oxygen atoms in total. The summed E-state index contributed by atoms with van der Waals surface area (Å²) in [6.45, 7) is 2.69. The van der Waals surface area contributed by atoms with E-state index in [2.05, 4.69) is 15.9 Å². The van der Waals surface area contributed by atoms with E-state index in [0.717, 1.165) is 48.3 Å². The first-order chi connectivity index (χ1) is 9.72. The molecule has 0 saturated carbocycles. The van der Waals surface area contributed by atoms with Crippen molar-refractivity contribution in [3.63, 3.8) is 0 Å². The maximum absolute atomic E-state index is 6.23. The van der Waals surface area contributed by atoms with Gasteiger partial charge in [-0.1, -0.05) is 12.1 Å². The van der Waals surface area contributed by atoms with Crippen LogP contribution in [-0.4, -0.2) is 31.5 Å². The van der Waals surface area contributed by atoms with Crippen molar-refractivity contribution in [1.82, 2.24) is 0 Å². The first-order valence-electron chi connectivity index (χ1n) is 7.08. The van der Waals surface area contributed by atoms with Crippen molar-refractivity contribution in [3.8, 4) is 5.75 Å². The van der Waals surface area contributed by atoms with Crippen molar-refractivity contribution in [2.75, 3.05) is 19.8 Å². The molecule has 0 aliphatic carbocycles. The summed E-state index contributed by atoms with van der Waals surface area (Å²) >= 11 is 3.55. The highest BCUT2D eigenvalue weighted by molar-refractivity contribution is 9.10. The maximum Gasteiger partial charge on any atom is 0.138 e. The second-order valence-electron chi connectivity index (χ2n) is 5.50. The predicted octanol–water partition coefficient (Wildman–Crippen LogP) is 2.62. The minimum atomic E-state index is -0.132. The standard InChI is InChI=1S/C15H20BrNO3/c16-13-3-1-2-11(9-17)14(13)20-12-4-6-19-15(8-12)5-7-18-10-15/h1-3,12H,4-10,17H2. The van der Waals surface area contributed by atoms with Crippen LogP contribution in [0.4, 0.5) is 0 Å². The molecule has 2 fully saturated rings. The first kappa shape index (κ1) is 14.3. The van der Waals surface area contributed by atoms with Gasteiger partial charge in [-0.25, -0.2) is 0 Å². The average Bonchev–Trinajstić information content (AvgIpc) is 2.89. The number of nitrogens with two attached hydrogens (primary N) is 1. The lowest BCUT2D eigenvalue weighted by Gasteiger charge is -2.37. The van der Waals surface area contributed by atoms with Gasteiger partial charge in [-0.2, -0.15) is 0 Å². The van der Waals surface area contributed by atoms with E-state index in [1.165, 1.54) is 0 Å². The van der Waals surface area contributed by atoms with Crippen LogP contribution in [0.1, 0.15) is 24.8 Å². The zero-order valence-electron chi connectivity index (χ0n) is 11.4. The highest BCUT2D eigenvalue weighted by atomic mass is 79.9. The molecule has 1 aromatic rings. The number of hydrogen-bond donors (Lipinski definition) is 1. The number of halogens is 1. The van der Waals surface area contributed by atoms with Gasteiger partial charge in [0.05, 0.1) is 23.3 Å². The number of para-hydroxylation sites is 1. The van der Waals surface area contributed by atoms with Crippen LogP contribution in [0.2, 0.25) is 0 Å². The highest BCUT2D eigenvalue weighted by Crippen LogP contribution is 2.37. The van der Waals surface area contributed by atoms with Gasteiger partial charge in [0, 0.05) is 38.0 Å². The highest BCUT2D eigenvalue weighted by Gasteiger charge is 2.42. The van der Waals surface area contributed by atoms with Crippen molar-refractivity contribution >= 4 is 15.9 Å². The molecule has 0 bridgehead atoms. The van der Waals surface area contributed by atoms with Gasteiger partial charge in [-0.15, -0.1) is 0 Å². The third-order valence-corrected chi connectivity index (χ3v) is 4.69. The van der Waals surface area contributed by atoms with Crippen LogP contribution in [0.25, 0.3) is 0 Å². The normalized spacial score (nSPS) is 29.8. The number of hydrogen-bond acceptors (Lipinski definition) is 4. The van der Waals surface area contributed by atoms with Gasteiger partial charge in [0.25, 0.3) is 0 Å². The molecule has 3 rings (SSSR count). The zero-order valence-corrected chi connectivity index (χ0v) is 13.0. The van der Waals surface area contributed by atoms with E-state index in [4.69, 9.17) is 19.9 Å². The van der Waals surface area contributed by atoms with Gasteiger partial charge in [-0.3, -0.25) is 0 Å². The summed E-state index contributed by atoms with van der Waals surface area (Å²) in [6, 6.07) is 5.98. The fourth-order valence-corrected chi connectivity index (χ4v) is 3.46. The molecule has 110 valence electrons. The second-order valence-corrected chi connectivity index (χ2v) is 6.35. The summed E-state index contributed by atoms with van der Waals surface area (Å²) in [4.78, 5) is 0. The van der Waals surface area contributed by atoms with Gasteiger partial charge in [-0.05, 0) is 22.0 Å². The molecular formula is C15H20BrNO3. The van der Waals surface area contributed by atoms with Crippen LogP contribution >= 0.6 is 15.9 Å². The largest absolute Gasteiger partial charge is 0.489 e. The van der Waals surface area contributed by atoms with Crippen LogP contribution in [0.15, 0.2) is 22.7 Å². The lowest BCUT2D eigenvalue weighted by Crippen LogP contribution is -2.44. The lowest BCUT2D eigenvalue weighted by atomic mass is 9.91. The van der Waals surface area contributed by atoms with Gasteiger partial charge < -0.3 is 19.9 Å². The van der Waals surface area contributed by atoms with E-state index in [1.807, 2.05) is 18.2 Å². The fraction of sp³-hybridized carbons (Fsp3) is 0.600. The molecule has 1 spiro atoms. The quantitative estimate of drug-likeness (QED) is 0.918. The van der Waals surface area contributed by atoms with Crippen LogP contribution in [0.3, 0.4) is 0 Å². The molecule has 0 radical (unpaired) electrons. The van der Waals surface area contributed by atoms with E-state index in [0.29, 0.717) is 13.2 Å². The number of rotatable bonds is 3. The summed E-state index contributed by atoms with van der Waals surface area (Å²) < 4.78 is 18.6. The molecule has 2 unspecified atom stereocenters. The Morgan fingerprint density at radius 2 is 2.30 bits per heavy atom. The molecule has 2 N–H and O–H groups in total. The fourth-order valence-electron chi connectivity index (χ4n) is 2.96. The van der Waals surface area contributed by atoms with Gasteiger partial charge in [0.15, 0.2) is 0 Å². The van der Waals surface area contributed by atoms with Crippen molar-refractivity contribution in [2.45, 2.75) is 37.5 Å². The predicted molar refractivity (Wildman–Crippen MR) is 79.8 cm³/mol. The lowest BCUT2D eigenvalue weighted by molar-refractivity contribution is -0.112. The third-order valence-electron chi connectivity index (χ3n) is 4.07. The summed E-state index contributed by atoms with van der Waals surface area (Å²) in [7, 11) is 0. The third kappa shape index (κ3) is 2.86. The van der Waals surface area contributed by atoms with Crippen molar-refractivity contribution < 1.29 is 14.2 Å². The topological polar surface area (TPSA) is 53.7 Å². The van der Waals surface area contributed by atoms with Crippen molar-refractivity contribution in [1.29, 1.82) is 0 Å². The molecule has 1 aromatic carbocycles. The molecule has 2 aliphatic rings. The molecule has 2 saturated heterocycles. The van der Waals surface area contributed by atoms with Crippen LogP contribution in [-0.2, 0) is 16.0 Å². The van der Waals surface area contributed by atoms with E-state index in [-0.39, 0.29) is 11.7 Å². The minimum Gasteiger partial charge on any atom is -0.489 e. The smallest absolute Gasteiger partial charge is 0.138 e. The Kier molecular flexibility index (Phi) is 4.31. The van der Waals surface area contributed by atoms with Crippen molar-refractivity contribution in [3.05, 3.63) is 28.2 Å². The maximum atomic E-state index is 6.23. The summed E-state index contributed by atoms with van der Waals surface area (Å²) in [5.41, 5.74) is 6.69. The molecule has 2 atom stereocenters. The molecule has 0 amide bonds. The Morgan fingerprint density at radius 3 is 3.05 bits per heavy atom. The van der Waals surface area contributed by atoms with E-state index in [9.17, 15) is 0 Å². The molecular weight excluding hydrogens is 322 g/mol. The summed E-state index contributed by atoms with van der Waals surface area (Å²) in [6.07, 6.45) is 2.92. The van der Waals surface area contributed by atoms with E-state index < -0.39 is 0 Å². The van der Waals surface area contributed by atoms with Crippen LogP contribution < -0.4 is 10.5 Å². The summed E-state index contributed by atoms with van der Waals surface area (Å²) in [5.74, 6) is 0.871. The molecule has 0 aromatic heterocycles. The Labute approximate surface area is 127 Å². The van der Waals surface area contributed by atoms with E-state index in [1.54, 1.807) is 0 Å². The molecule has 2 aliphatic heterocycles. The van der Waals surface area contributed by atoms with Crippen LogP contribution in [0, 0.1) is 0 Å². The van der Waals surface area contributed by atoms with Gasteiger partial charge >= 0.3 is 0 Å². The monoisotopic (exact) mass is 341 g/mol. The minimum absolute atomic E-state index is 0.132. The van der Waals surface area contributed by atoms with Crippen LogP contribution in [0.5, 0.6) is 5.75 Å². The summed E-state index contributed by atoms with van der Waals surface area (Å²) in [5, 5.41) is 0. The van der Waals surface area contributed by atoms with Gasteiger partial charge in [0.2, 0.25) is 0 Å². The average molecular weight is 342 g/mol. The molecule has 2 heterocycles.